The number of ether oxygens (including phenoxy) is 1. The minimum absolute atomic E-state index is 0.278. The Labute approximate surface area is 120 Å². The number of hydrogen-bond donors (Lipinski definition) is 1. The number of esters is 1. The molecule has 108 valence electrons. The van der Waals surface area contributed by atoms with Crippen molar-refractivity contribution in [3.63, 3.8) is 0 Å². The number of aromatic hydroxyl groups is 1. The molecule has 0 aliphatic carbocycles. The highest BCUT2D eigenvalue weighted by Crippen LogP contribution is 2.23. The van der Waals surface area contributed by atoms with Crippen LogP contribution in [0.3, 0.4) is 0 Å². The summed E-state index contributed by atoms with van der Waals surface area (Å²) in [5, 5.41) is 16.8. The van der Waals surface area contributed by atoms with Gasteiger partial charge in [0.05, 0.1) is 23.5 Å². The molecule has 0 heterocycles. The minimum atomic E-state index is -0.760. The van der Waals surface area contributed by atoms with Gasteiger partial charge in [0, 0.05) is 6.07 Å². The summed E-state index contributed by atoms with van der Waals surface area (Å²) in [6.45, 7) is 2.05. The van der Waals surface area contributed by atoms with Gasteiger partial charge in [-0.2, -0.15) is 10.2 Å². The second-order valence-electron chi connectivity index (χ2n) is 4.10. The van der Waals surface area contributed by atoms with Crippen LogP contribution in [-0.2, 0) is 4.74 Å². The summed E-state index contributed by atoms with van der Waals surface area (Å²) >= 11 is 0. The lowest BCUT2D eigenvalue weighted by molar-refractivity contribution is 0.0526. The third kappa shape index (κ3) is 3.85. The van der Waals surface area contributed by atoms with Crippen LogP contribution in [0, 0.1) is 5.82 Å². The number of phenolic OH excluding ortho intramolecular Hbond substituents is 1. The van der Waals surface area contributed by atoms with Gasteiger partial charge in [0.1, 0.15) is 0 Å². The summed E-state index contributed by atoms with van der Waals surface area (Å²) in [6.07, 6.45) is 0. The number of carbonyl (C=O) groups is 1. The summed E-state index contributed by atoms with van der Waals surface area (Å²) in [4.78, 5) is 11.5. The normalized spacial score (nSPS) is 10.8. The molecule has 0 bridgehead atoms. The molecule has 0 atom stereocenters. The van der Waals surface area contributed by atoms with E-state index in [4.69, 9.17) is 9.84 Å². The Morgan fingerprint density at radius 2 is 1.76 bits per heavy atom. The van der Waals surface area contributed by atoms with Crippen LogP contribution in [0.25, 0.3) is 0 Å². The summed E-state index contributed by atoms with van der Waals surface area (Å²) < 4.78 is 18.0. The molecule has 0 aliphatic rings. The lowest BCUT2D eigenvalue weighted by Gasteiger charge is -2.01. The highest BCUT2D eigenvalue weighted by molar-refractivity contribution is 5.89. The molecule has 21 heavy (non-hydrogen) atoms. The van der Waals surface area contributed by atoms with E-state index in [2.05, 4.69) is 10.2 Å². The molecule has 2 rings (SSSR count). The number of carbonyl (C=O) groups excluding carboxylic acids is 1. The second-order valence-corrected chi connectivity index (χ2v) is 4.10. The van der Waals surface area contributed by atoms with Gasteiger partial charge in [-0.3, -0.25) is 0 Å². The zero-order valence-electron chi connectivity index (χ0n) is 11.3. The van der Waals surface area contributed by atoms with Crippen molar-refractivity contribution in [1.82, 2.24) is 0 Å². The number of hydrogen-bond acceptors (Lipinski definition) is 5. The van der Waals surface area contributed by atoms with Crippen molar-refractivity contribution < 1.29 is 19.0 Å². The highest BCUT2D eigenvalue weighted by Gasteiger charge is 2.05. The Balaban J connectivity index is 2.10. The van der Waals surface area contributed by atoms with E-state index in [1.807, 2.05) is 0 Å². The molecule has 0 saturated heterocycles. The number of nitrogens with zero attached hydrogens (tertiary/aromatic N) is 2. The molecule has 0 aromatic heterocycles. The Kier molecular flexibility index (Phi) is 4.61. The van der Waals surface area contributed by atoms with Crippen LogP contribution in [0.5, 0.6) is 5.75 Å². The maximum Gasteiger partial charge on any atom is 0.338 e. The van der Waals surface area contributed by atoms with Crippen LogP contribution in [0.2, 0.25) is 0 Å². The quantitative estimate of drug-likeness (QED) is 0.679. The summed E-state index contributed by atoms with van der Waals surface area (Å²) in [5.74, 6) is -1.60. The molecule has 0 saturated carbocycles. The monoisotopic (exact) mass is 288 g/mol. The van der Waals surface area contributed by atoms with Crippen molar-refractivity contribution in [1.29, 1.82) is 0 Å². The lowest BCUT2D eigenvalue weighted by Crippen LogP contribution is -2.03. The van der Waals surface area contributed by atoms with Gasteiger partial charge in [-0.15, -0.1) is 0 Å². The maximum atomic E-state index is 13.1. The predicted octanol–water partition coefficient (Wildman–Crippen LogP) is 4.12. The third-order valence-electron chi connectivity index (χ3n) is 2.59. The summed E-state index contributed by atoms with van der Waals surface area (Å²) in [6, 6.07) is 10.1. The molecule has 0 aliphatic heterocycles. The second kappa shape index (κ2) is 6.60. The molecule has 2 aromatic carbocycles. The molecular formula is C15H13FN2O3. The van der Waals surface area contributed by atoms with Gasteiger partial charge in [0.15, 0.2) is 11.6 Å². The molecule has 0 fully saturated rings. The van der Waals surface area contributed by atoms with Gasteiger partial charge in [-0.1, -0.05) is 0 Å². The van der Waals surface area contributed by atoms with Crippen LogP contribution in [-0.4, -0.2) is 17.7 Å². The van der Waals surface area contributed by atoms with Crippen molar-refractivity contribution in [2.75, 3.05) is 6.61 Å². The number of benzene rings is 2. The van der Waals surface area contributed by atoms with Gasteiger partial charge in [0.25, 0.3) is 0 Å². The van der Waals surface area contributed by atoms with Gasteiger partial charge in [0.2, 0.25) is 0 Å². The van der Waals surface area contributed by atoms with Gasteiger partial charge < -0.3 is 9.84 Å². The van der Waals surface area contributed by atoms with Crippen LogP contribution in [0.1, 0.15) is 17.3 Å². The van der Waals surface area contributed by atoms with E-state index < -0.39 is 17.5 Å². The van der Waals surface area contributed by atoms with E-state index >= 15 is 0 Å². The summed E-state index contributed by atoms with van der Waals surface area (Å²) in [5.41, 5.74) is 1.21. The Bertz CT molecular complexity index is 669. The van der Waals surface area contributed by atoms with Crippen LogP contribution >= 0.6 is 0 Å². The molecular weight excluding hydrogens is 275 g/mol. The molecule has 0 spiro atoms. The smallest absolute Gasteiger partial charge is 0.338 e. The molecule has 0 unspecified atom stereocenters. The van der Waals surface area contributed by atoms with Crippen molar-refractivity contribution in [2.45, 2.75) is 6.92 Å². The molecule has 5 nitrogen and oxygen atoms in total. The number of rotatable bonds is 4. The van der Waals surface area contributed by atoms with Crippen LogP contribution in [0.15, 0.2) is 52.7 Å². The third-order valence-corrected chi connectivity index (χ3v) is 2.59. The first-order valence-corrected chi connectivity index (χ1v) is 6.27. The SMILES string of the molecule is CCOC(=O)c1ccc(N=Nc2ccc(O)c(F)c2)cc1. The maximum absolute atomic E-state index is 13.1. The van der Waals surface area contributed by atoms with E-state index in [0.29, 0.717) is 17.9 Å². The highest BCUT2D eigenvalue weighted by atomic mass is 19.1. The molecule has 6 heteroatoms. The van der Waals surface area contributed by atoms with E-state index in [1.165, 1.54) is 12.1 Å². The molecule has 1 N–H and O–H groups in total. The zero-order valence-corrected chi connectivity index (χ0v) is 11.3. The topological polar surface area (TPSA) is 71.2 Å². The number of azo groups is 1. The van der Waals surface area contributed by atoms with Gasteiger partial charge in [-0.05, 0) is 43.3 Å². The van der Waals surface area contributed by atoms with Gasteiger partial charge >= 0.3 is 5.97 Å². The van der Waals surface area contributed by atoms with Crippen molar-refractivity contribution >= 4 is 17.3 Å². The predicted molar refractivity (Wildman–Crippen MR) is 74.6 cm³/mol. The van der Waals surface area contributed by atoms with Crippen molar-refractivity contribution in [3.05, 3.63) is 53.8 Å². The first-order valence-electron chi connectivity index (χ1n) is 6.27. The molecule has 0 radical (unpaired) electrons. The summed E-state index contributed by atoms with van der Waals surface area (Å²) in [7, 11) is 0. The Hall–Kier alpha value is -2.76. The van der Waals surface area contributed by atoms with E-state index in [-0.39, 0.29) is 5.69 Å². The zero-order chi connectivity index (χ0) is 15.2. The molecule has 0 amide bonds. The van der Waals surface area contributed by atoms with E-state index in [0.717, 1.165) is 6.07 Å². The van der Waals surface area contributed by atoms with E-state index in [1.54, 1.807) is 31.2 Å². The number of halogens is 1. The Morgan fingerprint density at radius 3 is 2.38 bits per heavy atom. The Morgan fingerprint density at radius 1 is 1.14 bits per heavy atom. The fourth-order valence-corrected chi connectivity index (χ4v) is 1.55. The fourth-order valence-electron chi connectivity index (χ4n) is 1.55. The van der Waals surface area contributed by atoms with E-state index in [9.17, 15) is 9.18 Å². The lowest BCUT2D eigenvalue weighted by atomic mass is 10.2. The standard InChI is InChI=1S/C15H13FN2O3/c1-2-21-15(20)10-3-5-11(6-4-10)17-18-12-7-8-14(19)13(16)9-12/h3-9,19H,2H2,1H3. The van der Waals surface area contributed by atoms with Crippen LogP contribution in [0.4, 0.5) is 15.8 Å². The first kappa shape index (κ1) is 14.6. The largest absolute Gasteiger partial charge is 0.505 e. The van der Waals surface area contributed by atoms with Crippen LogP contribution < -0.4 is 0 Å². The van der Waals surface area contributed by atoms with Gasteiger partial charge in [-0.25, -0.2) is 9.18 Å². The first-order chi connectivity index (χ1) is 10.1. The minimum Gasteiger partial charge on any atom is -0.505 e. The van der Waals surface area contributed by atoms with Crippen molar-refractivity contribution in [2.24, 2.45) is 10.2 Å². The number of phenols is 1. The average molecular weight is 288 g/mol. The van der Waals surface area contributed by atoms with Crippen molar-refractivity contribution in [3.8, 4) is 5.75 Å². The fraction of sp³-hybridized carbons (Fsp3) is 0.133. The molecule has 2 aromatic rings. The average Bonchev–Trinajstić information content (AvgIpc) is 2.49.